The van der Waals surface area contributed by atoms with E-state index in [0.717, 1.165) is 0 Å². The fourth-order valence-electron chi connectivity index (χ4n) is 3.47. The zero-order valence-corrected chi connectivity index (χ0v) is 11.9. The number of nitrogens with zero attached hydrogens (tertiary/aromatic N) is 1. The van der Waals surface area contributed by atoms with Crippen LogP contribution in [0.3, 0.4) is 0 Å². The second-order valence-corrected chi connectivity index (χ2v) is 5.93. The Labute approximate surface area is 130 Å². The molecular formula is C14H15N3O6. The van der Waals surface area contributed by atoms with E-state index in [1.807, 2.05) is 0 Å². The van der Waals surface area contributed by atoms with Gasteiger partial charge in [0.25, 0.3) is 0 Å². The topological polar surface area (TPSA) is 144 Å². The van der Waals surface area contributed by atoms with E-state index in [0.29, 0.717) is 24.1 Å². The van der Waals surface area contributed by atoms with Gasteiger partial charge in [-0.1, -0.05) is 0 Å². The first-order valence-electron chi connectivity index (χ1n) is 7.13. The molecule has 122 valence electrons. The van der Waals surface area contributed by atoms with E-state index in [-0.39, 0.29) is 30.0 Å². The van der Waals surface area contributed by atoms with E-state index in [1.54, 1.807) is 6.07 Å². The maximum atomic E-state index is 11.0. The summed E-state index contributed by atoms with van der Waals surface area (Å²) in [6.45, 7) is 0.205. The number of hydrogen-bond donors (Lipinski definition) is 4. The molecule has 9 heteroatoms. The number of phenolic OH excluding ortho intramolecular Hbond substituents is 1. The summed E-state index contributed by atoms with van der Waals surface area (Å²) in [6.07, 6.45) is -0.379. The van der Waals surface area contributed by atoms with E-state index in [9.17, 15) is 19.8 Å². The molecular weight excluding hydrogens is 306 g/mol. The first-order valence-corrected chi connectivity index (χ1v) is 7.13. The number of hydroxylamine groups is 1. The highest BCUT2D eigenvalue weighted by Crippen LogP contribution is 2.53. The number of amides is 1. The molecule has 2 fully saturated rings. The summed E-state index contributed by atoms with van der Waals surface area (Å²) >= 11 is 0. The van der Waals surface area contributed by atoms with Crippen molar-refractivity contribution < 1.29 is 29.4 Å². The molecule has 9 nitrogen and oxygen atoms in total. The molecule has 0 radical (unpaired) electrons. The molecule has 2 bridgehead atoms. The number of nitrogens with two attached hydrogens (primary N) is 1. The van der Waals surface area contributed by atoms with Gasteiger partial charge in [-0.25, -0.2) is 14.7 Å². The van der Waals surface area contributed by atoms with Crippen molar-refractivity contribution in [2.24, 2.45) is 5.73 Å². The van der Waals surface area contributed by atoms with Gasteiger partial charge in [0.1, 0.15) is 18.6 Å². The van der Waals surface area contributed by atoms with Gasteiger partial charge >= 0.3 is 6.09 Å². The van der Waals surface area contributed by atoms with Crippen molar-refractivity contribution in [3.8, 4) is 5.75 Å². The van der Waals surface area contributed by atoms with Gasteiger partial charge in [0, 0.05) is 17.2 Å². The first kappa shape index (κ1) is 14.2. The number of phenols is 1. The van der Waals surface area contributed by atoms with Crippen LogP contribution in [-0.2, 0) is 9.57 Å². The standard InChI is InChI=1S/C14H15N3O6/c15-13(20)22-5-7-11-9(1-6(4-18)2-10(11)19)17-3-8-12(16-8)14(7,21)23-17/h1-2,4,7-8,12,16,19,21H,3,5H2,(H2,15,20)/t7-,8+,12+,14-/m1/s1. The molecule has 0 saturated carbocycles. The van der Waals surface area contributed by atoms with Crippen LogP contribution in [0, 0.1) is 0 Å². The molecule has 5 N–H and O–H groups in total. The summed E-state index contributed by atoms with van der Waals surface area (Å²) in [6, 6.07) is 2.53. The molecule has 3 heterocycles. The molecule has 0 aromatic heterocycles. The quantitative estimate of drug-likeness (QED) is 0.417. The molecule has 1 aromatic carbocycles. The highest BCUT2D eigenvalue weighted by atomic mass is 16.8. The smallest absolute Gasteiger partial charge is 0.404 e. The molecule has 4 atom stereocenters. The minimum atomic E-state index is -1.68. The highest BCUT2D eigenvalue weighted by Gasteiger charge is 2.65. The number of carbonyl (C=O) groups is 2. The highest BCUT2D eigenvalue weighted by molar-refractivity contribution is 5.80. The van der Waals surface area contributed by atoms with Crippen LogP contribution in [0.1, 0.15) is 21.8 Å². The predicted molar refractivity (Wildman–Crippen MR) is 75.9 cm³/mol. The molecule has 4 rings (SSSR count). The van der Waals surface area contributed by atoms with Crippen molar-refractivity contribution in [2.75, 3.05) is 18.2 Å². The second-order valence-electron chi connectivity index (χ2n) is 5.93. The van der Waals surface area contributed by atoms with Gasteiger partial charge in [-0.2, -0.15) is 0 Å². The van der Waals surface area contributed by atoms with Gasteiger partial charge < -0.3 is 26.0 Å². The van der Waals surface area contributed by atoms with Crippen LogP contribution in [0.2, 0.25) is 0 Å². The lowest BCUT2D eigenvalue weighted by atomic mass is 9.83. The van der Waals surface area contributed by atoms with Crippen molar-refractivity contribution in [2.45, 2.75) is 23.8 Å². The van der Waals surface area contributed by atoms with Crippen molar-refractivity contribution in [1.82, 2.24) is 5.32 Å². The Bertz CT molecular complexity index is 710. The predicted octanol–water partition coefficient (Wildman–Crippen LogP) is -0.822. The van der Waals surface area contributed by atoms with Crippen LogP contribution < -0.4 is 16.1 Å². The van der Waals surface area contributed by atoms with Gasteiger partial charge in [0.2, 0.25) is 5.79 Å². The number of hydrogen-bond acceptors (Lipinski definition) is 8. The minimum absolute atomic E-state index is 0.0139. The third-order valence-corrected chi connectivity index (χ3v) is 4.55. The second kappa shape index (κ2) is 4.57. The van der Waals surface area contributed by atoms with E-state index in [2.05, 4.69) is 5.32 Å². The molecule has 0 spiro atoms. The maximum absolute atomic E-state index is 11.0. The van der Waals surface area contributed by atoms with Crippen molar-refractivity contribution in [1.29, 1.82) is 0 Å². The number of aliphatic hydroxyl groups is 1. The van der Waals surface area contributed by atoms with Crippen LogP contribution in [-0.4, -0.2) is 53.6 Å². The van der Waals surface area contributed by atoms with Crippen molar-refractivity contribution in [3.63, 3.8) is 0 Å². The Morgan fingerprint density at radius 1 is 1.61 bits per heavy atom. The number of ether oxygens (including phenoxy) is 1. The zero-order valence-electron chi connectivity index (χ0n) is 11.9. The Morgan fingerprint density at radius 3 is 3.09 bits per heavy atom. The lowest BCUT2D eigenvalue weighted by molar-refractivity contribution is -0.247. The fourth-order valence-corrected chi connectivity index (χ4v) is 3.47. The largest absolute Gasteiger partial charge is 0.508 e. The molecule has 0 aliphatic carbocycles. The van der Waals surface area contributed by atoms with Crippen LogP contribution in [0.25, 0.3) is 0 Å². The van der Waals surface area contributed by atoms with Crippen LogP contribution in [0.15, 0.2) is 12.1 Å². The monoisotopic (exact) mass is 321 g/mol. The number of fused-ring (bicyclic) bond motifs is 6. The molecule has 2 saturated heterocycles. The van der Waals surface area contributed by atoms with E-state index < -0.39 is 17.8 Å². The Hall–Kier alpha value is -2.36. The Kier molecular flexibility index (Phi) is 2.83. The van der Waals surface area contributed by atoms with Crippen molar-refractivity contribution >= 4 is 18.1 Å². The maximum Gasteiger partial charge on any atom is 0.404 e. The zero-order chi connectivity index (χ0) is 16.4. The molecule has 3 aliphatic rings. The number of aldehydes is 1. The van der Waals surface area contributed by atoms with Gasteiger partial charge in [-0.05, 0) is 12.1 Å². The van der Waals surface area contributed by atoms with Gasteiger partial charge in [-0.15, -0.1) is 0 Å². The van der Waals surface area contributed by atoms with Crippen LogP contribution >= 0.6 is 0 Å². The lowest BCUT2D eigenvalue weighted by Gasteiger charge is -2.47. The Balaban J connectivity index is 1.84. The first-order chi connectivity index (χ1) is 10.9. The Morgan fingerprint density at radius 2 is 2.39 bits per heavy atom. The van der Waals surface area contributed by atoms with Crippen LogP contribution in [0.4, 0.5) is 10.5 Å². The number of benzene rings is 1. The van der Waals surface area contributed by atoms with Crippen LogP contribution in [0.5, 0.6) is 5.75 Å². The molecule has 0 unspecified atom stereocenters. The van der Waals surface area contributed by atoms with E-state index in [4.69, 9.17) is 15.3 Å². The number of anilines is 1. The number of nitrogens with one attached hydrogen (secondary N) is 1. The molecule has 1 amide bonds. The summed E-state index contributed by atoms with van der Waals surface area (Å²) in [7, 11) is 0. The number of aromatic hydroxyl groups is 1. The fraction of sp³-hybridized carbons (Fsp3) is 0.429. The summed E-state index contributed by atoms with van der Waals surface area (Å²) in [4.78, 5) is 27.6. The molecule has 23 heavy (non-hydrogen) atoms. The summed E-state index contributed by atoms with van der Waals surface area (Å²) in [5, 5.41) is 25.8. The normalized spacial score (nSPS) is 33.4. The summed E-state index contributed by atoms with van der Waals surface area (Å²) < 4.78 is 4.85. The minimum Gasteiger partial charge on any atom is -0.508 e. The summed E-state index contributed by atoms with van der Waals surface area (Å²) in [5.41, 5.74) is 6.10. The van der Waals surface area contributed by atoms with E-state index >= 15 is 0 Å². The SMILES string of the molecule is NC(=O)OC[C@@H]1c2c(O)cc(C=O)cc2N2C[C@@H]3N[C@@H]3[C@]1(O)O2. The summed E-state index contributed by atoms with van der Waals surface area (Å²) in [5.74, 6) is -2.69. The third kappa shape index (κ3) is 1.97. The number of rotatable bonds is 3. The van der Waals surface area contributed by atoms with Gasteiger partial charge in [0.15, 0.2) is 0 Å². The average molecular weight is 321 g/mol. The van der Waals surface area contributed by atoms with E-state index in [1.165, 1.54) is 11.1 Å². The number of primary amides is 1. The van der Waals surface area contributed by atoms with Gasteiger partial charge in [0.05, 0.1) is 24.2 Å². The number of carbonyl (C=O) groups excluding carboxylic acids is 2. The van der Waals surface area contributed by atoms with Crippen molar-refractivity contribution in [3.05, 3.63) is 23.3 Å². The third-order valence-electron chi connectivity index (χ3n) is 4.55. The molecule has 3 aliphatic heterocycles. The molecule has 1 aromatic rings. The lowest BCUT2D eigenvalue weighted by Crippen LogP contribution is -2.59. The van der Waals surface area contributed by atoms with Gasteiger partial charge in [-0.3, -0.25) is 4.79 Å². The average Bonchev–Trinajstić information content (AvgIpc) is 3.27.